The molecular weight excluding hydrogens is 268 g/mol. The summed E-state index contributed by atoms with van der Waals surface area (Å²) in [7, 11) is 0. The Bertz CT molecular complexity index is 598. The average molecular weight is 290 g/mol. The van der Waals surface area contributed by atoms with E-state index in [0.717, 1.165) is 17.5 Å². The van der Waals surface area contributed by atoms with Gasteiger partial charge in [-0.3, -0.25) is 4.79 Å². The standard InChI is InChI=1S/C16H22N2OS/c1-16(2,3)10-12(17)9-15(19)18-13-4-5-14-11(8-13)6-7-20-14/h4-8,12H,9-10,17H2,1-3H3,(H,18,19). The number of nitrogens with two attached hydrogens (primary N) is 1. The van der Waals surface area contributed by atoms with Gasteiger partial charge in [-0.15, -0.1) is 11.3 Å². The SMILES string of the molecule is CC(C)(C)CC(N)CC(=O)Nc1ccc2sccc2c1. The van der Waals surface area contributed by atoms with Crippen LogP contribution in [0.5, 0.6) is 0 Å². The van der Waals surface area contributed by atoms with E-state index in [1.165, 1.54) is 4.70 Å². The highest BCUT2D eigenvalue weighted by molar-refractivity contribution is 7.17. The molecule has 1 aromatic heterocycles. The van der Waals surface area contributed by atoms with Crippen molar-refractivity contribution in [2.45, 2.75) is 39.7 Å². The van der Waals surface area contributed by atoms with Crippen molar-refractivity contribution in [2.75, 3.05) is 5.32 Å². The number of amides is 1. The maximum absolute atomic E-state index is 12.0. The van der Waals surface area contributed by atoms with Gasteiger partial charge in [0, 0.05) is 22.8 Å². The van der Waals surface area contributed by atoms with Crippen LogP contribution < -0.4 is 11.1 Å². The Morgan fingerprint density at radius 2 is 2.10 bits per heavy atom. The number of benzene rings is 1. The van der Waals surface area contributed by atoms with Gasteiger partial charge in [-0.1, -0.05) is 20.8 Å². The molecule has 1 amide bonds. The van der Waals surface area contributed by atoms with E-state index in [1.54, 1.807) is 11.3 Å². The molecule has 0 saturated heterocycles. The van der Waals surface area contributed by atoms with E-state index in [2.05, 4.69) is 37.5 Å². The highest BCUT2D eigenvalue weighted by atomic mass is 32.1. The fourth-order valence-electron chi connectivity index (χ4n) is 2.35. The van der Waals surface area contributed by atoms with Crippen LogP contribution in [0.25, 0.3) is 10.1 Å². The van der Waals surface area contributed by atoms with E-state index in [4.69, 9.17) is 5.73 Å². The van der Waals surface area contributed by atoms with Crippen molar-refractivity contribution in [3.05, 3.63) is 29.6 Å². The number of carbonyl (C=O) groups excluding carboxylic acids is 1. The number of nitrogens with one attached hydrogen (secondary N) is 1. The summed E-state index contributed by atoms with van der Waals surface area (Å²) in [6.45, 7) is 6.40. The molecule has 0 saturated carbocycles. The fourth-order valence-corrected chi connectivity index (χ4v) is 3.12. The van der Waals surface area contributed by atoms with Gasteiger partial charge in [0.15, 0.2) is 0 Å². The molecule has 0 bridgehead atoms. The number of hydrogen-bond donors (Lipinski definition) is 2. The van der Waals surface area contributed by atoms with Gasteiger partial charge < -0.3 is 11.1 Å². The molecule has 0 aliphatic carbocycles. The van der Waals surface area contributed by atoms with Gasteiger partial charge in [-0.25, -0.2) is 0 Å². The van der Waals surface area contributed by atoms with Gasteiger partial charge in [0.2, 0.25) is 5.91 Å². The molecule has 1 unspecified atom stereocenters. The van der Waals surface area contributed by atoms with Crippen molar-refractivity contribution in [2.24, 2.45) is 11.1 Å². The van der Waals surface area contributed by atoms with Gasteiger partial charge in [0.25, 0.3) is 0 Å². The van der Waals surface area contributed by atoms with Crippen LogP contribution in [0.1, 0.15) is 33.6 Å². The molecule has 108 valence electrons. The molecule has 3 nitrogen and oxygen atoms in total. The van der Waals surface area contributed by atoms with E-state index in [9.17, 15) is 4.79 Å². The number of rotatable bonds is 4. The summed E-state index contributed by atoms with van der Waals surface area (Å²) in [4.78, 5) is 12.0. The van der Waals surface area contributed by atoms with E-state index in [0.29, 0.717) is 6.42 Å². The van der Waals surface area contributed by atoms with Crippen molar-refractivity contribution in [1.29, 1.82) is 0 Å². The summed E-state index contributed by atoms with van der Waals surface area (Å²) in [5, 5.41) is 6.14. The second kappa shape index (κ2) is 5.94. The molecule has 20 heavy (non-hydrogen) atoms. The predicted octanol–water partition coefficient (Wildman–Crippen LogP) is 3.99. The number of carbonyl (C=O) groups is 1. The summed E-state index contributed by atoms with van der Waals surface area (Å²) < 4.78 is 1.23. The van der Waals surface area contributed by atoms with Crippen molar-refractivity contribution in [1.82, 2.24) is 0 Å². The lowest BCUT2D eigenvalue weighted by Gasteiger charge is -2.22. The molecule has 4 heteroatoms. The quantitative estimate of drug-likeness (QED) is 0.894. The first-order valence-electron chi connectivity index (χ1n) is 6.86. The summed E-state index contributed by atoms with van der Waals surface area (Å²) in [6, 6.07) is 7.93. The molecule has 0 aliphatic rings. The minimum atomic E-state index is -0.0973. The zero-order chi connectivity index (χ0) is 14.8. The maximum atomic E-state index is 12.0. The molecule has 3 N–H and O–H groups in total. The van der Waals surface area contributed by atoms with Crippen LogP contribution in [0.2, 0.25) is 0 Å². The van der Waals surface area contributed by atoms with Crippen LogP contribution in [0.3, 0.4) is 0 Å². The third-order valence-electron chi connectivity index (χ3n) is 3.06. The molecule has 0 fully saturated rings. The van der Waals surface area contributed by atoms with Crippen LogP contribution in [-0.2, 0) is 4.79 Å². The normalized spacial score (nSPS) is 13.4. The lowest BCUT2D eigenvalue weighted by Crippen LogP contribution is -2.31. The molecule has 1 aromatic carbocycles. The Morgan fingerprint density at radius 3 is 2.80 bits per heavy atom. The lowest BCUT2D eigenvalue weighted by molar-refractivity contribution is -0.116. The summed E-state index contributed by atoms with van der Waals surface area (Å²) in [5.41, 5.74) is 7.01. The third-order valence-corrected chi connectivity index (χ3v) is 3.96. The Hall–Kier alpha value is -1.39. The molecule has 0 aliphatic heterocycles. The minimum Gasteiger partial charge on any atom is -0.327 e. The van der Waals surface area contributed by atoms with Gasteiger partial charge in [-0.05, 0) is 46.9 Å². The first-order chi connectivity index (χ1) is 9.33. The predicted molar refractivity (Wildman–Crippen MR) is 87.1 cm³/mol. The van der Waals surface area contributed by atoms with E-state index >= 15 is 0 Å². The molecule has 1 heterocycles. The van der Waals surface area contributed by atoms with Crippen LogP contribution in [0, 0.1) is 5.41 Å². The fraction of sp³-hybridized carbons (Fsp3) is 0.438. The Morgan fingerprint density at radius 1 is 1.35 bits per heavy atom. The van der Waals surface area contributed by atoms with Gasteiger partial charge in [0.05, 0.1) is 0 Å². The van der Waals surface area contributed by atoms with Crippen LogP contribution in [0.4, 0.5) is 5.69 Å². The Balaban J connectivity index is 1.93. The monoisotopic (exact) mass is 290 g/mol. The van der Waals surface area contributed by atoms with Crippen molar-refractivity contribution >= 4 is 33.0 Å². The second-order valence-electron chi connectivity index (χ2n) is 6.45. The Kier molecular flexibility index (Phi) is 4.45. The van der Waals surface area contributed by atoms with Crippen molar-refractivity contribution in [3.63, 3.8) is 0 Å². The zero-order valence-corrected chi connectivity index (χ0v) is 13.1. The van der Waals surface area contributed by atoms with Crippen LogP contribution in [0.15, 0.2) is 29.6 Å². The number of fused-ring (bicyclic) bond motifs is 1. The molecule has 1 atom stereocenters. The lowest BCUT2D eigenvalue weighted by atomic mass is 9.87. The van der Waals surface area contributed by atoms with E-state index < -0.39 is 0 Å². The van der Waals surface area contributed by atoms with Crippen molar-refractivity contribution in [3.8, 4) is 0 Å². The number of thiophene rings is 1. The molecule has 2 aromatic rings. The zero-order valence-electron chi connectivity index (χ0n) is 12.3. The Labute approximate surface area is 124 Å². The molecule has 2 rings (SSSR count). The summed E-state index contributed by atoms with van der Waals surface area (Å²) in [5.74, 6) is -0.0173. The minimum absolute atomic E-state index is 0.0173. The highest BCUT2D eigenvalue weighted by Gasteiger charge is 2.18. The first-order valence-corrected chi connectivity index (χ1v) is 7.74. The van der Waals surface area contributed by atoms with Crippen LogP contribution >= 0.6 is 11.3 Å². The van der Waals surface area contributed by atoms with E-state index in [-0.39, 0.29) is 17.4 Å². The summed E-state index contributed by atoms with van der Waals surface area (Å²) in [6.07, 6.45) is 1.20. The number of hydrogen-bond acceptors (Lipinski definition) is 3. The maximum Gasteiger partial charge on any atom is 0.225 e. The second-order valence-corrected chi connectivity index (χ2v) is 7.40. The molecule has 0 spiro atoms. The molecular formula is C16H22N2OS. The van der Waals surface area contributed by atoms with Crippen molar-refractivity contribution < 1.29 is 4.79 Å². The molecule has 0 radical (unpaired) electrons. The smallest absolute Gasteiger partial charge is 0.225 e. The van der Waals surface area contributed by atoms with Crippen LogP contribution in [-0.4, -0.2) is 11.9 Å². The van der Waals surface area contributed by atoms with Gasteiger partial charge >= 0.3 is 0 Å². The highest BCUT2D eigenvalue weighted by Crippen LogP contribution is 2.24. The van der Waals surface area contributed by atoms with E-state index in [1.807, 2.05) is 18.2 Å². The summed E-state index contributed by atoms with van der Waals surface area (Å²) >= 11 is 1.70. The largest absolute Gasteiger partial charge is 0.327 e. The third kappa shape index (κ3) is 4.32. The first kappa shape index (κ1) is 15.0. The number of anilines is 1. The topological polar surface area (TPSA) is 55.1 Å². The van der Waals surface area contributed by atoms with Gasteiger partial charge in [0.1, 0.15) is 0 Å². The van der Waals surface area contributed by atoms with Gasteiger partial charge in [-0.2, -0.15) is 0 Å². The average Bonchev–Trinajstić information content (AvgIpc) is 2.72.